The number of rotatable bonds is 6. The molecule has 3 N–H and O–H groups in total. The Bertz CT molecular complexity index is 1030. The van der Waals surface area contributed by atoms with Gasteiger partial charge in [0.25, 0.3) is 5.91 Å². The SMILES string of the molecule is NS(=O)(=O)c1ccc(Cl)c(C(=O)OCC(=O)Nc2ccc(N3CCCCC3)cc2)c1. The Hall–Kier alpha value is -2.62. The number of benzene rings is 2. The number of amides is 1. The van der Waals surface area contributed by atoms with Gasteiger partial charge in [0, 0.05) is 24.5 Å². The lowest BCUT2D eigenvalue weighted by Gasteiger charge is -2.28. The Balaban J connectivity index is 1.56. The number of halogens is 1. The van der Waals surface area contributed by atoms with E-state index in [4.69, 9.17) is 21.5 Å². The molecule has 0 saturated carbocycles. The number of anilines is 2. The summed E-state index contributed by atoms with van der Waals surface area (Å²) in [6.45, 7) is 1.50. The number of hydrogen-bond donors (Lipinski definition) is 2. The summed E-state index contributed by atoms with van der Waals surface area (Å²) in [5, 5.41) is 7.68. The van der Waals surface area contributed by atoms with Crippen molar-refractivity contribution in [3.05, 3.63) is 53.1 Å². The van der Waals surface area contributed by atoms with E-state index in [1.165, 1.54) is 31.4 Å². The lowest BCUT2D eigenvalue weighted by molar-refractivity contribution is -0.119. The van der Waals surface area contributed by atoms with Gasteiger partial charge in [-0.1, -0.05) is 11.6 Å². The highest BCUT2D eigenvalue weighted by Gasteiger charge is 2.18. The van der Waals surface area contributed by atoms with E-state index >= 15 is 0 Å². The van der Waals surface area contributed by atoms with Crippen LogP contribution in [0.4, 0.5) is 11.4 Å². The molecule has 1 fully saturated rings. The molecule has 160 valence electrons. The van der Waals surface area contributed by atoms with Gasteiger partial charge in [0.05, 0.1) is 15.5 Å². The summed E-state index contributed by atoms with van der Waals surface area (Å²) in [4.78, 5) is 26.3. The summed E-state index contributed by atoms with van der Waals surface area (Å²) in [6, 6.07) is 10.9. The van der Waals surface area contributed by atoms with Crippen LogP contribution in [0.3, 0.4) is 0 Å². The average molecular weight is 452 g/mol. The zero-order chi connectivity index (χ0) is 21.7. The van der Waals surface area contributed by atoms with Gasteiger partial charge >= 0.3 is 5.97 Å². The van der Waals surface area contributed by atoms with Gasteiger partial charge < -0.3 is 15.0 Å². The van der Waals surface area contributed by atoms with Gasteiger partial charge in [-0.3, -0.25) is 4.79 Å². The molecule has 1 aliphatic heterocycles. The monoisotopic (exact) mass is 451 g/mol. The molecule has 0 spiro atoms. The van der Waals surface area contributed by atoms with Crippen molar-refractivity contribution in [2.75, 3.05) is 29.9 Å². The number of nitrogens with zero attached hydrogens (tertiary/aromatic N) is 1. The summed E-state index contributed by atoms with van der Waals surface area (Å²) in [6.07, 6.45) is 3.60. The van der Waals surface area contributed by atoms with E-state index in [0.29, 0.717) is 5.69 Å². The Morgan fingerprint density at radius 2 is 1.73 bits per heavy atom. The number of carbonyl (C=O) groups is 2. The van der Waals surface area contributed by atoms with Gasteiger partial charge in [0.2, 0.25) is 10.0 Å². The number of ether oxygens (including phenoxy) is 1. The fourth-order valence-electron chi connectivity index (χ4n) is 3.15. The van der Waals surface area contributed by atoms with E-state index in [9.17, 15) is 18.0 Å². The number of carbonyl (C=O) groups excluding carboxylic acids is 2. The van der Waals surface area contributed by atoms with Gasteiger partial charge in [-0.15, -0.1) is 0 Å². The highest BCUT2D eigenvalue weighted by atomic mass is 35.5. The van der Waals surface area contributed by atoms with Crippen LogP contribution in [-0.4, -0.2) is 40.0 Å². The van der Waals surface area contributed by atoms with Gasteiger partial charge in [0.1, 0.15) is 0 Å². The van der Waals surface area contributed by atoms with Crippen LogP contribution in [-0.2, 0) is 19.6 Å². The van der Waals surface area contributed by atoms with E-state index < -0.39 is 28.5 Å². The Morgan fingerprint density at radius 1 is 1.07 bits per heavy atom. The first-order valence-corrected chi connectivity index (χ1v) is 11.3. The summed E-state index contributed by atoms with van der Waals surface area (Å²) >= 11 is 5.92. The van der Waals surface area contributed by atoms with E-state index in [2.05, 4.69) is 10.2 Å². The van der Waals surface area contributed by atoms with Gasteiger partial charge in [-0.05, 0) is 61.7 Å². The quantitative estimate of drug-likeness (QED) is 0.652. The number of hydrogen-bond acceptors (Lipinski definition) is 6. The molecule has 0 radical (unpaired) electrons. The molecule has 0 bridgehead atoms. The van der Waals surface area contributed by atoms with Crippen LogP contribution in [0.15, 0.2) is 47.4 Å². The molecule has 8 nitrogen and oxygen atoms in total. The number of primary sulfonamides is 1. The third-order valence-electron chi connectivity index (χ3n) is 4.69. The zero-order valence-electron chi connectivity index (χ0n) is 16.1. The number of nitrogens with one attached hydrogen (secondary N) is 1. The smallest absolute Gasteiger partial charge is 0.340 e. The molecule has 1 aliphatic rings. The lowest BCUT2D eigenvalue weighted by atomic mass is 10.1. The Morgan fingerprint density at radius 3 is 2.37 bits per heavy atom. The van der Waals surface area contributed by atoms with Gasteiger partial charge in [-0.2, -0.15) is 0 Å². The third kappa shape index (κ3) is 5.71. The van der Waals surface area contributed by atoms with Crippen molar-refractivity contribution in [2.45, 2.75) is 24.2 Å². The van der Waals surface area contributed by atoms with Crippen LogP contribution in [0.1, 0.15) is 29.6 Å². The molecule has 2 aromatic carbocycles. The maximum absolute atomic E-state index is 12.2. The zero-order valence-corrected chi connectivity index (χ0v) is 17.7. The molecule has 3 rings (SSSR count). The van der Waals surface area contributed by atoms with Crippen LogP contribution in [0.2, 0.25) is 5.02 Å². The molecule has 1 saturated heterocycles. The highest BCUT2D eigenvalue weighted by Crippen LogP contribution is 2.22. The predicted molar refractivity (Wildman–Crippen MR) is 114 cm³/mol. The molecular weight excluding hydrogens is 430 g/mol. The first-order valence-electron chi connectivity index (χ1n) is 9.38. The summed E-state index contributed by atoms with van der Waals surface area (Å²) in [5.74, 6) is -1.46. The fraction of sp³-hybridized carbons (Fsp3) is 0.300. The van der Waals surface area contributed by atoms with Crippen LogP contribution in [0.25, 0.3) is 0 Å². The maximum Gasteiger partial charge on any atom is 0.340 e. The molecule has 1 amide bonds. The van der Waals surface area contributed by atoms with Gasteiger partial charge in [0.15, 0.2) is 6.61 Å². The number of nitrogens with two attached hydrogens (primary N) is 1. The summed E-state index contributed by atoms with van der Waals surface area (Å²) in [7, 11) is -4.01. The molecular formula is C20H22ClN3O5S. The van der Waals surface area contributed by atoms with Crippen LogP contribution < -0.4 is 15.4 Å². The topological polar surface area (TPSA) is 119 Å². The maximum atomic E-state index is 12.2. The first-order chi connectivity index (χ1) is 14.2. The Labute approximate surface area is 180 Å². The Kier molecular flexibility index (Phi) is 6.96. The number of sulfonamides is 1. The number of esters is 1. The minimum atomic E-state index is -4.01. The normalized spacial score (nSPS) is 14.3. The average Bonchev–Trinajstić information content (AvgIpc) is 2.72. The molecule has 0 aromatic heterocycles. The van der Waals surface area contributed by atoms with Crippen molar-refractivity contribution < 1.29 is 22.7 Å². The third-order valence-corrected chi connectivity index (χ3v) is 5.93. The van der Waals surface area contributed by atoms with Crippen molar-refractivity contribution in [3.63, 3.8) is 0 Å². The van der Waals surface area contributed by atoms with Crippen LogP contribution >= 0.6 is 11.6 Å². The van der Waals surface area contributed by atoms with Gasteiger partial charge in [-0.25, -0.2) is 18.4 Å². The van der Waals surface area contributed by atoms with E-state index in [0.717, 1.165) is 24.8 Å². The van der Waals surface area contributed by atoms with E-state index in [1.807, 2.05) is 12.1 Å². The van der Waals surface area contributed by atoms with Crippen molar-refractivity contribution in [2.24, 2.45) is 5.14 Å². The molecule has 1 heterocycles. The van der Waals surface area contributed by atoms with Crippen LogP contribution in [0, 0.1) is 0 Å². The second kappa shape index (κ2) is 9.46. The summed E-state index contributed by atoms with van der Waals surface area (Å²) < 4.78 is 27.8. The molecule has 30 heavy (non-hydrogen) atoms. The second-order valence-corrected chi connectivity index (χ2v) is 8.87. The molecule has 0 atom stereocenters. The van der Waals surface area contributed by atoms with E-state index in [-0.39, 0.29) is 15.5 Å². The van der Waals surface area contributed by atoms with Crippen molar-refractivity contribution in [1.29, 1.82) is 0 Å². The predicted octanol–water partition coefficient (Wildman–Crippen LogP) is 2.77. The minimum Gasteiger partial charge on any atom is -0.452 e. The van der Waals surface area contributed by atoms with Crippen LogP contribution in [0.5, 0.6) is 0 Å². The first kappa shape index (κ1) is 22.1. The van der Waals surface area contributed by atoms with Crippen molar-refractivity contribution in [3.8, 4) is 0 Å². The highest BCUT2D eigenvalue weighted by molar-refractivity contribution is 7.89. The molecule has 2 aromatic rings. The lowest BCUT2D eigenvalue weighted by Crippen LogP contribution is -2.29. The molecule has 0 unspecified atom stereocenters. The fourth-order valence-corrected chi connectivity index (χ4v) is 3.89. The van der Waals surface area contributed by atoms with Crippen molar-refractivity contribution >= 4 is 44.9 Å². The van der Waals surface area contributed by atoms with E-state index in [1.54, 1.807) is 12.1 Å². The second-order valence-electron chi connectivity index (χ2n) is 6.91. The minimum absolute atomic E-state index is 0.0129. The molecule has 0 aliphatic carbocycles. The van der Waals surface area contributed by atoms with Crippen molar-refractivity contribution in [1.82, 2.24) is 0 Å². The standard InChI is InChI=1S/C20H22ClN3O5S/c21-18-9-8-16(30(22,27)28)12-17(18)20(26)29-13-19(25)23-14-4-6-15(7-5-14)24-10-2-1-3-11-24/h4-9,12H,1-3,10-11,13H2,(H,23,25)(H2,22,27,28). The molecule has 10 heteroatoms. The largest absolute Gasteiger partial charge is 0.452 e. The number of piperidine rings is 1. The summed E-state index contributed by atoms with van der Waals surface area (Å²) in [5.41, 5.74) is 1.48.